The lowest BCUT2D eigenvalue weighted by molar-refractivity contribution is 0.102. The third-order valence-corrected chi connectivity index (χ3v) is 4.19. The molecule has 0 saturated heterocycles. The molecule has 0 spiro atoms. The van der Waals surface area contributed by atoms with Crippen LogP contribution in [0.15, 0.2) is 65.6 Å². The Hall–Kier alpha value is -3.21. The number of amides is 1. The minimum Gasteiger partial charge on any atom is -0.322 e. The van der Waals surface area contributed by atoms with Gasteiger partial charge in [0.2, 0.25) is 0 Å². The van der Waals surface area contributed by atoms with E-state index in [0.717, 1.165) is 16.7 Å². The number of aryl methyl sites for hydroxylation is 2. The van der Waals surface area contributed by atoms with Gasteiger partial charge in [0, 0.05) is 11.9 Å². The highest BCUT2D eigenvalue weighted by molar-refractivity contribution is 6.03. The van der Waals surface area contributed by atoms with E-state index >= 15 is 0 Å². The van der Waals surface area contributed by atoms with E-state index in [1.165, 1.54) is 28.8 Å². The Morgan fingerprint density at radius 3 is 2.65 bits per heavy atom. The first-order valence-electron chi connectivity index (χ1n) is 8.26. The monoisotopic (exact) mass is 350 g/mol. The third-order valence-electron chi connectivity index (χ3n) is 4.19. The lowest BCUT2D eigenvalue weighted by atomic mass is 10.1. The number of carbonyl (C=O) groups is 1. The van der Waals surface area contributed by atoms with Gasteiger partial charge in [-0.05, 0) is 55.3 Å². The van der Waals surface area contributed by atoms with E-state index in [9.17, 15) is 14.0 Å². The number of hydrogen-bond donors (Lipinski definition) is 1. The zero-order valence-corrected chi connectivity index (χ0v) is 14.6. The van der Waals surface area contributed by atoms with Crippen molar-refractivity contribution < 1.29 is 9.18 Å². The molecule has 0 atom stereocenters. The van der Waals surface area contributed by atoms with Gasteiger partial charge in [-0.1, -0.05) is 29.8 Å². The van der Waals surface area contributed by atoms with Crippen molar-refractivity contribution in [3.05, 3.63) is 99.2 Å². The first-order valence-corrected chi connectivity index (χ1v) is 8.26. The SMILES string of the molecule is Cc1ccc(C)c(Cn2cccc(C(=O)Nc3cccc(F)c3)c2=O)c1. The van der Waals surface area contributed by atoms with Crippen LogP contribution in [0, 0.1) is 19.7 Å². The fourth-order valence-corrected chi connectivity index (χ4v) is 2.75. The zero-order chi connectivity index (χ0) is 18.7. The van der Waals surface area contributed by atoms with Gasteiger partial charge in [0.1, 0.15) is 11.4 Å². The van der Waals surface area contributed by atoms with Crippen LogP contribution >= 0.6 is 0 Å². The van der Waals surface area contributed by atoms with Crippen LogP contribution < -0.4 is 10.9 Å². The molecule has 1 heterocycles. The minimum atomic E-state index is -0.559. The van der Waals surface area contributed by atoms with Gasteiger partial charge in [0.15, 0.2) is 0 Å². The molecule has 4 nitrogen and oxygen atoms in total. The van der Waals surface area contributed by atoms with E-state index < -0.39 is 11.7 Å². The molecule has 1 N–H and O–H groups in total. The summed E-state index contributed by atoms with van der Waals surface area (Å²) in [5.74, 6) is -1.01. The van der Waals surface area contributed by atoms with Gasteiger partial charge in [-0.2, -0.15) is 0 Å². The molecule has 0 aliphatic carbocycles. The van der Waals surface area contributed by atoms with E-state index in [0.29, 0.717) is 12.2 Å². The number of aromatic nitrogens is 1. The molecule has 2 aromatic carbocycles. The molecule has 0 saturated carbocycles. The van der Waals surface area contributed by atoms with Crippen LogP contribution in [0.3, 0.4) is 0 Å². The molecule has 0 radical (unpaired) electrons. The highest BCUT2D eigenvalue weighted by atomic mass is 19.1. The summed E-state index contributed by atoms with van der Waals surface area (Å²) in [6, 6.07) is 14.7. The number of halogens is 1. The van der Waals surface area contributed by atoms with Crippen molar-refractivity contribution >= 4 is 11.6 Å². The number of hydrogen-bond acceptors (Lipinski definition) is 2. The second-order valence-electron chi connectivity index (χ2n) is 6.25. The highest BCUT2D eigenvalue weighted by Crippen LogP contribution is 2.13. The average molecular weight is 350 g/mol. The van der Waals surface area contributed by atoms with E-state index in [1.807, 2.05) is 32.0 Å². The Labute approximate surface area is 150 Å². The summed E-state index contributed by atoms with van der Waals surface area (Å²) in [5, 5.41) is 2.56. The maximum Gasteiger partial charge on any atom is 0.263 e. The molecule has 5 heteroatoms. The van der Waals surface area contributed by atoms with Crippen molar-refractivity contribution in [1.82, 2.24) is 4.57 Å². The standard InChI is InChI=1S/C21H19FN2O2/c1-14-8-9-15(2)16(11-14)13-24-10-4-7-19(21(24)26)20(25)23-18-6-3-5-17(22)12-18/h3-12H,13H2,1-2H3,(H,23,25). The molecular formula is C21H19FN2O2. The van der Waals surface area contributed by atoms with Gasteiger partial charge in [0.05, 0.1) is 6.54 Å². The quantitative estimate of drug-likeness (QED) is 0.776. The summed E-state index contributed by atoms with van der Waals surface area (Å²) >= 11 is 0. The maximum absolute atomic E-state index is 13.3. The van der Waals surface area contributed by atoms with Crippen molar-refractivity contribution in [3.63, 3.8) is 0 Å². The molecule has 0 aliphatic rings. The molecular weight excluding hydrogens is 331 g/mol. The van der Waals surface area contributed by atoms with Gasteiger partial charge < -0.3 is 9.88 Å². The molecule has 0 fully saturated rings. The molecule has 1 amide bonds. The van der Waals surface area contributed by atoms with Gasteiger partial charge >= 0.3 is 0 Å². The number of rotatable bonds is 4. The Morgan fingerprint density at radius 1 is 1.08 bits per heavy atom. The number of anilines is 1. The Morgan fingerprint density at radius 2 is 1.88 bits per heavy atom. The van der Waals surface area contributed by atoms with E-state index in [-0.39, 0.29) is 11.1 Å². The summed E-state index contributed by atoms with van der Waals surface area (Å²) < 4.78 is 14.8. The fraction of sp³-hybridized carbons (Fsp3) is 0.143. The fourth-order valence-electron chi connectivity index (χ4n) is 2.75. The average Bonchev–Trinajstić information content (AvgIpc) is 2.60. The largest absolute Gasteiger partial charge is 0.322 e. The lowest BCUT2D eigenvalue weighted by Gasteiger charge is -2.11. The first kappa shape index (κ1) is 17.6. The normalized spacial score (nSPS) is 10.6. The molecule has 1 aromatic heterocycles. The molecule has 26 heavy (non-hydrogen) atoms. The van der Waals surface area contributed by atoms with E-state index in [2.05, 4.69) is 5.32 Å². The van der Waals surface area contributed by atoms with Crippen molar-refractivity contribution in [1.29, 1.82) is 0 Å². The Bertz CT molecular complexity index is 1020. The van der Waals surface area contributed by atoms with Crippen molar-refractivity contribution in [2.75, 3.05) is 5.32 Å². The summed E-state index contributed by atoms with van der Waals surface area (Å²) in [6.07, 6.45) is 1.66. The number of benzene rings is 2. The molecule has 3 aromatic rings. The van der Waals surface area contributed by atoms with Crippen LogP contribution in [0.2, 0.25) is 0 Å². The van der Waals surface area contributed by atoms with Crippen LogP contribution in [0.25, 0.3) is 0 Å². The van der Waals surface area contributed by atoms with Crippen LogP contribution in [-0.4, -0.2) is 10.5 Å². The van der Waals surface area contributed by atoms with Crippen LogP contribution in [-0.2, 0) is 6.54 Å². The Kier molecular flexibility index (Phi) is 4.98. The van der Waals surface area contributed by atoms with Crippen molar-refractivity contribution in [2.45, 2.75) is 20.4 Å². The molecule has 0 aliphatic heterocycles. The van der Waals surface area contributed by atoms with Crippen LogP contribution in [0.1, 0.15) is 27.0 Å². The maximum atomic E-state index is 13.3. The number of nitrogens with one attached hydrogen (secondary N) is 1. The zero-order valence-electron chi connectivity index (χ0n) is 14.6. The molecule has 0 unspecified atom stereocenters. The second-order valence-corrected chi connectivity index (χ2v) is 6.25. The minimum absolute atomic E-state index is 0.0158. The number of pyridine rings is 1. The summed E-state index contributed by atoms with van der Waals surface area (Å²) in [5.41, 5.74) is 3.15. The topological polar surface area (TPSA) is 51.1 Å². The number of nitrogens with zero attached hydrogens (tertiary/aromatic N) is 1. The smallest absolute Gasteiger partial charge is 0.263 e. The summed E-state index contributed by atoms with van der Waals surface area (Å²) in [6.45, 7) is 4.36. The highest BCUT2D eigenvalue weighted by Gasteiger charge is 2.13. The summed E-state index contributed by atoms with van der Waals surface area (Å²) in [4.78, 5) is 25.1. The van der Waals surface area contributed by atoms with Gasteiger partial charge in [0.25, 0.3) is 11.5 Å². The second kappa shape index (κ2) is 7.35. The molecule has 0 bridgehead atoms. The van der Waals surface area contributed by atoms with Crippen molar-refractivity contribution in [3.8, 4) is 0 Å². The van der Waals surface area contributed by atoms with Crippen LogP contribution in [0.4, 0.5) is 10.1 Å². The lowest BCUT2D eigenvalue weighted by Crippen LogP contribution is -2.29. The first-order chi connectivity index (χ1) is 12.4. The number of carbonyl (C=O) groups excluding carboxylic acids is 1. The van der Waals surface area contributed by atoms with Crippen molar-refractivity contribution in [2.24, 2.45) is 0 Å². The molecule has 3 rings (SSSR count). The summed E-state index contributed by atoms with van der Waals surface area (Å²) in [7, 11) is 0. The van der Waals surface area contributed by atoms with Gasteiger partial charge in [-0.15, -0.1) is 0 Å². The Balaban J connectivity index is 1.88. The predicted octanol–water partition coefficient (Wildman–Crippen LogP) is 3.90. The molecule has 132 valence electrons. The van der Waals surface area contributed by atoms with E-state index in [4.69, 9.17) is 0 Å². The van der Waals surface area contributed by atoms with E-state index in [1.54, 1.807) is 18.3 Å². The van der Waals surface area contributed by atoms with Gasteiger partial charge in [-0.25, -0.2) is 4.39 Å². The van der Waals surface area contributed by atoms with Crippen LogP contribution in [0.5, 0.6) is 0 Å². The van der Waals surface area contributed by atoms with Gasteiger partial charge in [-0.3, -0.25) is 9.59 Å². The predicted molar refractivity (Wildman–Crippen MR) is 100 cm³/mol. The third kappa shape index (κ3) is 3.88.